The molecule has 0 aliphatic carbocycles. The smallest absolute Gasteiger partial charge is 0.394 e. The molecule has 0 radical (unpaired) electrons. The number of carbonyl (C=O) groups is 1. The summed E-state index contributed by atoms with van der Waals surface area (Å²) in [4.78, 5) is 11.6. The molecule has 112 valence electrons. The highest BCUT2D eigenvalue weighted by molar-refractivity contribution is 5.78. The van der Waals surface area contributed by atoms with Gasteiger partial charge in [0.2, 0.25) is 5.91 Å². The minimum absolute atomic E-state index is 0.0572. The summed E-state index contributed by atoms with van der Waals surface area (Å²) in [5, 5.41) is 11.5. The van der Waals surface area contributed by atoms with Crippen LogP contribution in [-0.2, 0) is 22.1 Å². The van der Waals surface area contributed by atoms with Gasteiger partial charge in [-0.25, -0.2) is 0 Å². The van der Waals surface area contributed by atoms with Crippen molar-refractivity contribution in [2.45, 2.75) is 18.6 Å². The molecule has 4 nitrogen and oxygen atoms in total. The van der Waals surface area contributed by atoms with Gasteiger partial charge in [0.15, 0.2) is 0 Å². The zero-order chi connectivity index (χ0) is 15.2. The Morgan fingerprint density at radius 2 is 1.95 bits per heavy atom. The maximum absolute atomic E-state index is 12.4. The van der Waals surface area contributed by atoms with E-state index in [4.69, 9.17) is 9.84 Å². The number of rotatable bonds is 6. The molecule has 7 heteroatoms. The molecule has 20 heavy (non-hydrogen) atoms. The van der Waals surface area contributed by atoms with Gasteiger partial charge in [0.1, 0.15) is 0 Å². The van der Waals surface area contributed by atoms with Crippen molar-refractivity contribution in [2.24, 2.45) is 0 Å². The minimum atomic E-state index is -4.39. The second-order valence-corrected chi connectivity index (χ2v) is 4.27. The molecule has 0 heterocycles. The summed E-state index contributed by atoms with van der Waals surface area (Å²) in [6.45, 7) is -0.109. The lowest BCUT2D eigenvalue weighted by Gasteiger charge is -2.15. The third kappa shape index (κ3) is 5.18. The zero-order valence-electron chi connectivity index (χ0n) is 10.9. The van der Waals surface area contributed by atoms with Crippen molar-refractivity contribution in [3.05, 3.63) is 35.4 Å². The van der Waals surface area contributed by atoms with Crippen LogP contribution in [0.25, 0.3) is 0 Å². The van der Waals surface area contributed by atoms with Gasteiger partial charge in [-0.15, -0.1) is 0 Å². The molecule has 0 saturated carbocycles. The van der Waals surface area contributed by atoms with E-state index in [2.05, 4.69) is 5.32 Å². The molecular weight excluding hydrogens is 275 g/mol. The molecule has 0 aliphatic rings. The van der Waals surface area contributed by atoms with E-state index in [0.717, 1.165) is 12.1 Å². The molecule has 2 N–H and O–H groups in total. The van der Waals surface area contributed by atoms with Gasteiger partial charge in [-0.3, -0.25) is 4.79 Å². The van der Waals surface area contributed by atoms with Crippen LogP contribution in [0.5, 0.6) is 0 Å². The second-order valence-electron chi connectivity index (χ2n) is 4.27. The van der Waals surface area contributed by atoms with E-state index < -0.39 is 17.8 Å². The van der Waals surface area contributed by atoms with E-state index in [0.29, 0.717) is 5.56 Å². The fourth-order valence-electron chi connectivity index (χ4n) is 1.62. The highest BCUT2D eigenvalue weighted by Crippen LogP contribution is 2.29. The van der Waals surface area contributed by atoms with Crippen LogP contribution in [0.4, 0.5) is 13.2 Å². The summed E-state index contributed by atoms with van der Waals surface area (Å²) in [5.41, 5.74) is -0.293. The summed E-state index contributed by atoms with van der Waals surface area (Å²) in [7, 11) is 1.44. The molecule has 0 aromatic heterocycles. The lowest BCUT2D eigenvalue weighted by molar-refractivity contribution is -0.137. The maximum Gasteiger partial charge on any atom is 0.416 e. The van der Waals surface area contributed by atoms with Crippen LogP contribution >= 0.6 is 0 Å². The Balaban J connectivity index is 2.58. The number of benzene rings is 1. The molecule has 0 spiro atoms. The predicted octanol–water partition coefficient (Wildman–Crippen LogP) is 1.37. The fourth-order valence-corrected chi connectivity index (χ4v) is 1.62. The third-order valence-electron chi connectivity index (χ3n) is 2.60. The number of methoxy groups -OCH3 is 1. The molecule has 1 aromatic carbocycles. The van der Waals surface area contributed by atoms with E-state index in [1.54, 1.807) is 0 Å². The number of amides is 1. The van der Waals surface area contributed by atoms with Crippen LogP contribution in [0.1, 0.15) is 11.1 Å². The number of carbonyl (C=O) groups excluding carboxylic acids is 1. The van der Waals surface area contributed by atoms with E-state index in [1.807, 2.05) is 0 Å². The predicted molar refractivity (Wildman–Crippen MR) is 66.0 cm³/mol. The summed E-state index contributed by atoms with van der Waals surface area (Å²) in [5.74, 6) is -0.388. The quantitative estimate of drug-likeness (QED) is 0.832. The Hall–Kier alpha value is -1.60. The lowest BCUT2D eigenvalue weighted by atomic mass is 10.1. The van der Waals surface area contributed by atoms with Gasteiger partial charge < -0.3 is 15.2 Å². The first-order valence-corrected chi connectivity index (χ1v) is 5.92. The van der Waals surface area contributed by atoms with Crippen molar-refractivity contribution in [1.82, 2.24) is 5.32 Å². The number of hydrogen-bond acceptors (Lipinski definition) is 3. The maximum atomic E-state index is 12.4. The van der Waals surface area contributed by atoms with E-state index in [9.17, 15) is 18.0 Å². The Bertz CT molecular complexity index is 431. The van der Waals surface area contributed by atoms with Gasteiger partial charge >= 0.3 is 6.18 Å². The molecule has 0 aliphatic heterocycles. The Morgan fingerprint density at radius 3 is 2.40 bits per heavy atom. The highest BCUT2D eigenvalue weighted by Gasteiger charge is 2.29. The molecule has 1 aromatic rings. The van der Waals surface area contributed by atoms with Gasteiger partial charge in [-0.1, -0.05) is 12.1 Å². The van der Waals surface area contributed by atoms with Crippen molar-refractivity contribution in [2.75, 3.05) is 20.3 Å². The first-order valence-electron chi connectivity index (χ1n) is 5.92. The summed E-state index contributed by atoms with van der Waals surface area (Å²) < 4.78 is 41.9. The lowest BCUT2D eigenvalue weighted by Crippen LogP contribution is -2.41. The van der Waals surface area contributed by atoms with Gasteiger partial charge in [0, 0.05) is 7.11 Å². The number of aliphatic hydroxyl groups is 1. The molecule has 0 bridgehead atoms. The first-order chi connectivity index (χ1) is 9.36. The van der Waals surface area contributed by atoms with E-state index >= 15 is 0 Å². The highest BCUT2D eigenvalue weighted by atomic mass is 19.4. The number of halogens is 3. The average molecular weight is 291 g/mol. The standard InChI is InChI=1S/C13H16F3NO3/c1-20-8-11(7-18)17-12(19)6-9-2-4-10(5-3-9)13(14,15)16/h2-5,11,18H,6-8H2,1H3,(H,17,19). The fraction of sp³-hybridized carbons (Fsp3) is 0.462. The average Bonchev–Trinajstić information content (AvgIpc) is 2.37. The monoisotopic (exact) mass is 291 g/mol. The Kier molecular flexibility index (Phi) is 5.97. The second kappa shape index (κ2) is 7.25. The molecular formula is C13H16F3NO3. The SMILES string of the molecule is COCC(CO)NC(=O)Cc1ccc(C(F)(F)F)cc1. The number of aliphatic hydroxyl groups excluding tert-OH is 1. The number of ether oxygens (including phenoxy) is 1. The summed E-state index contributed by atoms with van der Waals surface area (Å²) in [6.07, 6.45) is -4.44. The van der Waals surface area contributed by atoms with Crippen LogP contribution in [0, 0.1) is 0 Å². The van der Waals surface area contributed by atoms with Crippen LogP contribution < -0.4 is 5.32 Å². The van der Waals surface area contributed by atoms with Crippen molar-refractivity contribution in [3.63, 3.8) is 0 Å². The van der Waals surface area contributed by atoms with Gasteiger partial charge in [-0.05, 0) is 17.7 Å². The summed E-state index contributed by atoms with van der Waals surface area (Å²) >= 11 is 0. The Morgan fingerprint density at radius 1 is 1.35 bits per heavy atom. The van der Waals surface area contributed by atoms with Crippen molar-refractivity contribution in [3.8, 4) is 0 Å². The van der Waals surface area contributed by atoms with Crippen molar-refractivity contribution in [1.29, 1.82) is 0 Å². The summed E-state index contributed by atoms with van der Waals surface area (Å²) in [6, 6.07) is 3.85. The Labute approximate surface area is 114 Å². The number of nitrogens with one attached hydrogen (secondary N) is 1. The van der Waals surface area contributed by atoms with Crippen LogP contribution in [0.15, 0.2) is 24.3 Å². The molecule has 1 amide bonds. The number of hydrogen-bond donors (Lipinski definition) is 2. The molecule has 0 saturated heterocycles. The van der Waals surface area contributed by atoms with Crippen LogP contribution in [-0.4, -0.2) is 37.4 Å². The first kappa shape index (κ1) is 16.5. The molecule has 1 atom stereocenters. The topological polar surface area (TPSA) is 58.6 Å². The van der Waals surface area contributed by atoms with Gasteiger partial charge in [0.05, 0.1) is 31.2 Å². The zero-order valence-corrected chi connectivity index (χ0v) is 10.9. The van der Waals surface area contributed by atoms with Crippen molar-refractivity contribution < 1.29 is 27.8 Å². The van der Waals surface area contributed by atoms with Crippen LogP contribution in [0.3, 0.4) is 0 Å². The minimum Gasteiger partial charge on any atom is -0.394 e. The molecule has 1 rings (SSSR count). The molecule has 1 unspecified atom stereocenters. The third-order valence-corrected chi connectivity index (χ3v) is 2.60. The van der Waals surface area contributed by atoms with E-state index in [-0.39, 0.29) is 25.5 Å². The van der Waals surface area contributed by atoms with Gasteiger partial charge in [0.25, 0.3) is 0 Å². The van der Waals surface area contributed by atoms with Crippen molar-refractivity contribution >= 4 is 5.91 Å². The van der Waals surface area contributed by atoms with Crippen LogP contribution in [0.2, 0.25) is 0 Å². The molecule has 0 fully saturated rings. The number of alkyl halides is 3. The largest absolute Gasteiger partial charge is 0.416 e. The normalized spacial score (nSPS) is 13.1. The van der Waals surface area contributed by atoms with E-state index in [1.165, 1.54) is 19.2 Å². The van der Waals surface area contributed by atoms with Gasteiger partial charge in [-0.2, -0.15) is 13.2 Å².